The summed E-state index contributed by atoms with van der Waals surface area (Å²) in [5.41, 5.74) is -0.421. The maximum Gasteiger partial charge on any atom is 0.220 e. The smallest absolute Gasteiger partial charge is 0.220 e. The van der Waals surface area contributed by atoms with Crippen LogP contribution in [0, 0.1) is 0 Å². The van der Waals surface area contributed by atoms with Gasteiger partial charge < -0.3 is 24.5 Å². The van der Waals surface area contributed by atoms with Gasteiger partial charge in [-0.25, -0.2) is 0 Å². The highest BCUT2D eigenvalue weighted by Gasteiger charge is 2.38. The first kappa shape index (κ1) is 18.4. The average molecular weight is 384 g/mol. The maximum absolute atomic E-state index is 12.4. The van der Waals surface area contributed by atoms with E-state index in [4.69, 9.17) is 13.9 Å². The SMILES string of the molecule is O=C(CCC1(Cc2ccco2)CCC(=O)N1)NCC1COc2ccccc2O1. The first-order chi connectivity index (χ1) is 13.6. The highest BCUT2D eigenvalue weighted by molar-refractivity contribution is 5.80. The quantitative estimate of drug-likeness (QED) is 0.764. The molecule has 2 amide bonds. The molecule has 0 saturated carbocycles. The predicted octanol–water partition coefficient (Wildman–Crippen LogP) is 2.21. The summed E-state index contributed by atoms with van der Waals surface area (Å²) in [6.45, 7) is 0.778. The molecule has 7 heteroatoms. The third-order valence-corrected chi connectivity index (χ3v) is 5.25. The molecule has 2 aromatic rings. The van der Waals surface area contributed by atoms with Gasteiger partial charge in [0.05, 0.1) is 12.8 Å². The number of hydrogen-bond donors (Lipinski definition) is 2. The number of carbonyl (C=O) groups excluding carboxylic acids is 2. The van der Waals surface area contributed by atoms with Gasteiger partial charge in [0, 0.05) is 24.8 Å². The van der Waals surface area contributed by atoms with Gasteiger partial charge in [-0.1, -0.05) is 12.1 Å². The number of furan rings is 1. The Balaban J connectivity index is 1.27. The minimum absolute atomic E-state index is 0.0263. The Morgan fingerprint density at radius 2 is 2.07 bits per heavy atom. The van der Waals surface area contributed by atoms with E-state index in [0.717, 1.165) is 11.5 Å². The van der Waals surface area contributed by atoms with Gasteiger partial charge in [0.25, 0.3) is 0 Å². The van der Waals surface area contributed by atoms with E-state index in [-0.39, 0.29) is 17.9 Å². The number of hydrogen-bond acceptors (Lipinski definition) is 5. The molecule has 2 unspecified atom stereocenters. The van der Waals surface area contributed by atoms with Crippen LogP contribution in [-0.4, -0.2) is 36.6 Å². The Bertz CT molecular complexity index is 835. The summed E-state index contributed by atoms with van der Waals surface area (Å²) < 4.78 is 17.0. The molecule has 0 aliphatic carbocycles. The molecular weight excluding hydrogens is 360 g/mol. The second-order valence-corrected chi connectivity index (χ2v) is 7.39. The number of ether oxygens (including phenoxy) is 2. The summed E-state index contributed by atoms with van der Waals surface area (Å²) in [6.07, 6.45) is 4.07. The average Bonchev–Trinajstić information content (AvgIpc) is 3.35. The van der Waals surface area contributed by atoms with Crippen molar-refractivity contribution in [3.63, 3.8) is 0 Å². The standard InChI is InChI=1S/C21H24N2O5/c24-19(22-13-16-14-27-17-5-1-2-6-18(17)28-16)7-9-21(10-8-20(25)23-21)12-15-4-3-11-26-15/h1-6,11,16H,7-10,12-14H2,(H,22,24)(H,23,25). The van der Waals surface area contributed by atoms with Gasteiger partial charge >= 0.3 is 0 Å². The fourth-order valence-corrected chi connectivity index (χ4v) is 3.76. The molecule has 0 radical (unpaired) electrons. The van der Waals surface area contributed by atoms with Crippen molar-refractivity contribution in [3.05, 3.63) is 48.4 Å². The van der Waals surface area contributed by atoms with Crippen LogP contribution in [0.15, 0.2) is 47.1 Å². The highest BCUT2D eigenvalue weighted by Crippen LogP contribution is 2.31. The van der Waals surface area contributed by atoms with Gasteiger partial charge in [0.15, 0.2) is 11.5 Å². The van der Waals surface area contributed by atoms with Crippen molar-refractivity contribution in [1.29, 1.82) is 0 Å². The topological polar surface area (TPSA) is 89.8 Å². The van der Waals surface area contributed by atoms with E-state index in [2.05, 4.69) is 10.6 Å². The zero-order valence-corrected chi connectivity index (χ0v) is 15.6. The number of para-hydroxylation sites is 2. The summed E-state index contributed by atoms with van der Waals surface area (Å²) >= 11 is 0. The van der Waals surface area contributed by atoms with E-state index in [0.29, 0.717) is 51.0 Å². The zero-order valence-electron chi connectivity index (χ0n) is 15.6. The molecule has 1 aromatic heterocycles. The van der Waals surface area contributed by atoms with Crippen molar-refractivity contribution in [3.8, 4) is 11.5 Å². The van der Waals surface area contributed by atoms with Crippen LogP contribution in [0.25, 0.3) is 0 Å². The van der Waals surface area contributed by atoms with Crippen LogP contribution in [0.1, 0.15) is 31.4 Å². The lowest BCUT2D eigenvalue weighted by Gasteiger charge is -2.29. The van der Waals surface area contributed by atoms with Crippen molar-refractivity contribution in [2.24, 2.45) is 0 Å². The fraction of sp³-hybridized carbons (Fsp3) is 0.429. The molecule has 28 heavy (non-hydrogen) atoms. The lowest BCUT2D eigenvalue weighted by Crippen LogP contribution is -2.45. The van der Waals surface area contributed by atoms with Crippen molar-refractivity contribution in [2.45, 2.75) is 43.7 Å². The van der Waals surface area contributed by atoms with Gasteiger partial charge in [0.2, 0.25) is 11.8 Å². The fourth-order valence-electron chi connectivity index (χ4n) is 3.76. The van der Waals surface area contributed by atoms with E-state index < -0.39 is 5.54 Å². The largest absolute Gasteiger partial charge is 0.486 e. The molecule has 2 N–H and O–H groups in total. The van der Waals surface area contributed by atoms with Gasteiger partial charge in [-0.15, -0.1) is 0 Å². The molecule has 2 aliphatic heterocycles. The predicted molar refractivity (Wildman–Crippen MR) is 101 cm³/mol. The Labute approximate surface area is 163 Å². The van der Waals surface area contributed by atoms with Crippen molar-refractivity contribution >= 4 is 11.8 Å². The van der Waals surface area contributed by atoms with Crippen LogP contribution >= 0.6 is 0 Å². The monoisotopic (exact) mass is 384 g/mol. The van der Waals surface area contributed by atoms with Gasteiger partial charge in [-0.05, 0) is 37.1 Å². The number of rotatable bonds is 7. The molecule has 1 fully saturated rings. The number of nitrogens with one attached hydrogen (secondary N) is 2. The molecule has 2 aliphatic rings. The zero-order chi connectivity index (χ0) is 19.4. The van der Waals surface area contributed by atoms with Gasteiger partial charge in [-0.2, -0.15) is 0 Å². The molecule has 3 heterocycles. The van der Waals surface area contributed by atoms with Crippen molar-refractivity contribution < 1.29 is 23.5 Å². The van der Waals surface area contributed by atoms with Crippen molar-refractivity contribution in [1.82, 2.24) is 10.6 Å². The number of carbonyl (C=O) groups is 2. The lowest BCUT2D eigenvalue weighted by molar-refractivity contribution is -0.123. The second kappa shape index (κ2) is 7.96. The number of amides is 2. The summed E-state index contributed by atoms with van der Waals surface area (Å²) in [5.74, 6) is 2.19. The first-order valence-electron chi connectivity index (χ1n) is 9.60. The number of benzene rings is 1. The normalized spacial score (nSPS) is 23.3. The minimum atomic E-state index is -0.421. The maximum atomic E-state index is 12.4. The molecule has 1 aromatic carbocycles. The van der Waals surface area contributed by atoms with Crippen LogP contribution in [0.3, 0.4) is 0 Å². The Hall–Kier alpha value is -2.96. The van der Waals surface area contributed by atoms with Crippen LogP contribution < -0.4 is 20.1 Å². The van der Waals surface area contributed by atoms with E-state index >= 15 is 0 Å². The summed E-state index contributed by atoms with van der Waals surface area (Å²) in [6, 6.07) is 11.2. The van der Waals surface area contributed by atoms with Gasteiger partial charge in [0.1, 0.15) is 18.5 Å². The summed E-state index contributed by atoms with van der Waals surface area (Å²) in [7, 11) is 0. The highest BCUT2D eigenvalue weighted by atomic mass is 16.6. The number of fused-ring (bicyclic) bond motifs is 1. The molecule has 1 saturated heterocycles. The molecular formula is C21H24N2O5. The Kier molecular flexibility index (Phi) is 5.23. The minimum Gasteiger partial charge on any atom is -0.486 e. The Morgan fingerprint density at radius 3 is 2.82 bits per heavy atom. The van der Waals surface area contributed by atoms with Crippen LogP contribution in [-0.2, 0) is 16.0 Å². The van der Waals surface area contributed by atoms with Crippen molar-refractivity contribution in [2.75, 3.05) is 13.2 Å². The molecule has 0 spiro atoms. The third kappa shape index (κ3) is 4.30. The lowest BCUT2D eigenvalue weighted by atomic mass is 9.87. The molecule has 148 valence electrons. The molecule has 4 rings (SSSR count). The van der Waals surface area contributed by atoms with Gasteiger partial charge in [-0.3, -0.25) is 9.59 Å². The molecule has 7 nitrogen and oxygen atoms in total. The van der Waals surface area contributed by atoms with E-state index in [1.807, 2.05) is 36.4 Å². The first-order valence-corrected chi connectivity index (χ1v) is 9.60. The summed E-state index contributed by atoms with van der Waals surface area (Å²) in [5, 5.41) is 5.97. The van der Waals surface area contributed by atoms with E-state index in [9.17, 15) is 9.59 Å². The van der Waals surface area contributed by atoms with Crippen LogP contribution in [0.5, 0.6) is 11.5 Å². The second-order valence-electron chi connectivity index (χ2n) is 7.39. The van der Waals surface area contributed by atoms with E-state index in [1.54, 1.807) is 6.26 Å². The molecule has 2 atom stereocenters. The van der Waals surface area contributed by atoms with E-state index in [1.165, 1.54) is 0 Å². The summed E-state index contributed by atoms with van der Waals surface area (Å²) in [4.78, 5) is 24.2. The van der Waals surface area contributed by atoms with Crippen LogP contribution in [0.4, 0.5) is 0 Å². The Morgan fingerprint density at radius 1 is 1.21 bits per heavy atom. The molecule has 0 bridgehead atoms. The van der Waals surface area contributed by atoms with Crippen LogP contribution in [0.2, 0.25) is 0 Å². The third-order valence-electron chi connectivity index (χ3n) is 5.25.